The fraction of sp³-hybridized carbons (Fsp3) is 0.167. The molecule has 0 fully saturated rings. The molecule has 102 valence electrons. The number of rotatable bonds is 5. The number of benzene rings is 1. The van der Waals surface area contributed by atoms with Crippen molar-refractivity contribution >= 4 is 18.0 Å². The van der Waals surface area contributed by atoms with Gasteiger partial charge in [0.05, 0.1) is 0 Å². The van der Waals surface area contributed by atoms with Crippen molar-refractivity contribution < 1.29 is 33.3 Å². The lowest BCUT2D eigenvalue weighted by Crippen LogP contribution is -2.23. The van der Waals surface area contributed by atoms with Gasteiger partial charge in [0.15, 0.2) is 23.5 Å². The number of halogens is 2. The van der Waals surface area contributed by atoms with Crippen LogP contribution in [-0.4, -0.2) is 28.3 Å². The minimum Gasteiger partial charge on any atom is -0.479 e. The molecule has 0 bridgehead atoms. The van der Waals surface area contributed by atoms with Gasteiger partial charge in [0.2, 0.25) is 0 Å². The molecular formula is C12H10F2O5. The Labute approximate surface area is 106 Å². The van der Waals surface area contributed by atoms with Crippen molar-refractivity contribution in [2.24, 2.45) is 0 Å². The third-order valence-corrected chi connectivity index (χ3v) is 2.08. The summed E-state index contributed by atoms with van der Waals surface area (Å²) in [4.78, 5) is 20.8. The SMILES string of the molecule is CC(Oc1c(F)cc(C=CC(=O)O)cc1F)C(=O)O. The molecule has 0 saturated heterocycles. The first-order valence-electron chi connectivity index (χ1n) is 5.10. The Morgan fingerprint density at radius 1 is 1.26 bits per heavy atom. The van der Waals surface area contributed by atoms with Gasteiger partial charge >= 0.3 is 11.9 Å². The van der Waals surface area contributed by atoms with Crippen LogP contribution in [0.3, 0.4) is 0 Å². The number of carboxylic acids is 2. The number of hydrogen-bond donors (Lipinski definition) is 2. The summed E-state index contributed by atoms with van der Waals surface area (Å²) in [5.41, 5.74) is -0.0206. The van der Waals surface area contributed by atoms with E-state index in [1.807, 2.05) is 0 Å². The van der Waals surface area contributed by atoms with Gasteiger partial charge in [-0.25, -0.2) is 18.4 Å². The Hall–Kier alpha value is -2.44. The number of carbonyl (C=O) groups is 2. The highest BCUT2D eigenvalue weighted by Crippen LogP contribution is 2.25. The molecule has 1 rings (SSSR count). The molecule has 2 N–H and O–H groups in total. The van der Waals surface area contributed by atoms with Gasteiger partial charge in [-0.3, -0.25) is 0 Å². The zero-order chi connectivity index (χ0) is 14.6. The lowest BCUT2D eigenvalue weighted by molar-refractivity contribution is -0.144. The van der Waals surface area contributed by atoms with Crippen molar-refractivity contribution in [3.63, 3.8) is 0 Å². The minimum absolute atomic E-state index is 0.0206. The molecule has 19 heavy (non-hydrogen) atoms. The van der Waals surface area contributed by atoms with E-state index in [1.54, 1.807) is 0 Å². The van der Waals surface area contributed by atoms with Crippen LogP contribution < -0.4 is 4.74 Å². The molecule has 0 aliphatic rings. The third kappa shape index (κ3) is 4.06. The minimum atomic E-state index is -1.41. The first kappa shape index (κ1) is 14.6. The second kappa shape index (κ2) is 5.94. The van der Waals surface area contributed by atoms with Gasteiger partial charge in [0.1, 0.15) is 0 Å². The van der Waals surface area contributed by atoms with E-state index in [-0.39, 0.29) is 5.56 Å². The zero-order valence-electron chi connectivity index (χ0n) is 9.76. The highest BCUT2D eigenvalue weighted by atomic mass is 19.1. The predicted molar refractivity (Wildman–Crippen MR) is 60.8 cm³/mol. The first-order valence-corrected chi connectivity index (χ1v) is 5.10. The van der Waals surface area contributed by atoms with Crippen LogP contribution in [0.15, 0.2) is 18.2 Å². The molecule has 1 unspecified atom stereocenters. The van der Waals surface area contributed by atoms with Crippen LogP contribution in [-0.2, 0) is 9.59 Å². The van der Waals surface area contributed by atoms with Crippen molar-refractivity contribution in [2.45, 2.75) is 13.0 Å². The maximum atomic E-state index is 13.5. The molecule has 7 heteroatoms. The molecule has 0 aliphatic carbocycles. The molecule has 0 radical (unpaired) electrons. The van der Waals surface area contributed by atoms with Crippen LogP contribution in [0, 0.1) is 11.6 Å². The summed E-state index contributed by atoms with van der Waals surface area (Å²) >= 11 is 0. The van der Waals surface area contributed by atoms with Crippen LogP contribution in [0.5, 0.6) is 5.75 Å². The second-order valence-electron chi connectivity index (χ2n) is 3.58. The lowest BCUT2D eigenvalue weighted by Gasteiger charge is -2.12. The number of ether oxygens (including phenoxy) is 1. The van der Waals surface area contributed by atoms with Gasteiger partial charge in [-0.1, -0.05) is 0 Å². The topological polar surface area (TPSA) is 83.8 Å². The summed E-state index contributed by atoms with van der Waals surface area (Å²) in [6, 6.07) is 1.68. The maximum Gasteiger partial charge on any atom is 0.344 e. The highest BCUT2D eigenvalue weighted by molar-refractivity contribution is 5.85. The average Bonchev–Trinajstić information content (AvgIpc) is 2.30. The van der Waals surface area contributed by atoms with Crippen molar-refractivity contribution in [1.29, 1.82) is 0 Å². The molecule has 0 aromatic heterocycles. The van der Waals surface area contributed by atoms with Gasteiger partial charge in [-0.2, -0.15) is 0 Å². The van der Waals surface area contributed by atoms with Gasteiger partial charge in [-0.05, 0) is 30.7 Å². The Kier molecular flexibility index (Phi) is 4.57. The molecule has 0 saturated carbocycles. The smallest absolute Gasteiger partial charge is 0.344 e. The van der Waals surface area contributed by atoms with E-state index in [0.29, 0.717) is 6.08 Å². The normalized spacial score (nSPS) is 12.4. The number of hydrogen-bond acceptors (Lipinski definition) is 3. The van der Waals surface area contributed by atoms with Crippen LogP contribution in [0.1, 0.15) is 12.5 Å². The fourth-order valence-electron chi connectivity index (χ4n) is 1.18. The zero-order valence-corrected chi connectivity index (χ0v) is 9.76. The van der Waals surface area contributed by atoms with Gasteiger partial charge in [-0.15, -0.1) is 0 Å². The number of aliphatic carboxylic acids is 2. The Morgan fingerprint density at radius 3 is 2.21 bits per heavy atom. The van der Waals surface area contributed by atoms with E-state index in [9.17, 15) is 18.4 Å². The third-order valence-electron chi connectivity index (χ3n) is 2.08. The maximum absolute atomic E-state index is 13.5. The second-order valence-corrected chi connectivity index (χ2v) is 3.58. The average molecular weight is 272 g/mol. The van der Waals surface area contributed by atoms with Gasteiger partial charge < -0.3 is 14.9 Å². The Morgan fingerprint density at radius 2 is 1.79 bits per heavy atom. The standard InChI is InChI=1S/C12H10F2O5/c1-6(12(17)18)19-11-8(13)4-7(5-9(11)14)2-3-10(15)16/h2-6H,1H3,(H,15,16)(H,17,18). The molecule has 0 spiro atoms. The highest BCUT2D eigenvalue weighted by Gasteiger charge is 2.19. The number of carboxylic acid groups (broad SMARTS) is 2. The van der Waals surface area contributed by atoms with E-state index in [4.69, 9.17) is 10.2 Å². The largest absolute Gasteiger partial charge is 0.479 e. The monoisotopic (exact) mass is 272 g/mol. The predicted octanol–water partition coefficient (Wildman–Crippen LogP) is 1.91. The summed E-state index contributed by atoms with van der Waals surface area (Å²) in [6.07, 6.45) is 0.303. The van der Waals surface area contributed by atoms with E-state index in [1.165, 1.54) is 0 Å². The summed E-state index contributed by atoms with van der Waals surface area (Å²) in [7, 11) is 0. The Bertz CT molecular complexity index is 516. The first-order chi connectivity index (χ1) is 8.81. The molecule has 0 aliphatic heterocycles. The Balaban J connectivity index is 3.04. The van der Waals surface area contributed by atoms with Crippen LogP contribution >= 0.6 is 0 Å². The molecule has 5 nitrogen and oxygen atoms in total. The van der Waals surface area contributed by atoms with E-state index in [0.717, 1.165) is 25.1 Å². The molecule has 1 aromatic carbocycles. The molecule has 0 amide bonds. The molecule has 1 atom stereocenters. The van der Waals surface area contributed by atoms with Crippen LogP contribution in [0.25, 0.3) is 6.08 Å². The van der Waals surface area contributed by atoms with E-state index < -0.39 is 35.4 Å². The summed E-state index contributed by atoms with van der Waals surface area (Å²) in [6.45, 7) is 1.12. The van der Waals surface area contributed by atoms with Crippen molar-refractivity contribution in [3.05, 3.63) is 35.4 Å². The van der Waals surface area contributed by atoms with E-state index >= 15 is 0 Å². The lowest BCUT2D eigenvalue weighted by atomic mass is 10.2. The van der Waals surface area contributed by atoms with Gasteiger partial charge in [0, 0.05) is 6.08 Å². The van der Waals surface area contributed by atoms with E-state index in [2.05, 4.69) is 4.74 Å². The summed E-state index contributed by atoms with van der Waals surface area (Å²) < 4.78 is 31.7. The summed E-state index contributed by atoms with van der Waals surface area (Å²) in [5.74, 6) is -5.67. The molecule has 1 aromatic rings. The van der Waals surface area contributed by atoms with Gasteiger partial charge in [0.25, 0.3) is 0 Å². The quantitative estimate of drug-likeness (QED) is 0.800. The van der Waals surface area contributed by atoms with Crippen molar-refractivity contribution in [2.75, 3.05) is 0 Å². The molecular weight excluding hydrogens is 262 g/mol. The molecule has 0 heterocycles. The summed E-state index contributed by atoms with van der Waals surface area (Å²) in [5, 5.41) is 17.0. The van der Waals surface area contributed by atoms with Crippen LogP contribution in [0.4, 0.5) is 8.78 Å². The fourth-order valence-corrected chi connectivity index (χ4v) is 1.18. The van der Waals surface area contributed by atoms with Crippen LogP contribution in [0.2, 0.25) is 0 Å². The van der Waals surface area contributed by atoms with Crippen molar-refractivity contribution in [3.8, 4) is 5.75 Å². The van der Waals surface area contributed by atoms with Crippen molar-refractivity contribution in [1.82, 2.24) is 0 Å².